The molecule has 1 unspecified atom stereocenters. The monoisotopic (exact) mass is 376 g/mol. The quantitative estimate of drug-likeness (QED) is 0.894. The van der Waals surface area contributed by atoms with Gasteiger partial charge in [-0.2, -0.15) is 0 Å². The van der Waals surface area contributed by atoms with Crippen LogP contribution < -0.4 is 10.2 Å². The number of carbonyl (C=O) groups is 2. The molecule has 2 aliphatic heterocycles. The molecule has 0 bridgehead atoms. The first-order valence-electron chi connectivity index (χ1n) is 10.0. The van der Waals surface area contributed by atoms with Gasteiger partial charge in [-0.1, -0.05) is 31.2 Å². The molecule has 1 saturated heterocycles. The minimum Gasteiger partial charge on any atom is -0.332 e. The Kier molecular flexibility index (Phi) is 4.07. The van der Waals surface area contributed by atoms with Crippen LogP contribution in [0.15, 0.2) is 48.8 Å². The number of rotatable bonds is 3. The van der Waals surface area contributed by atoms with E-state index in [0.717, 1.165) is 24.1 Å². The molecule has 1 aromatic carbocycles. The number of nitrogens with zero attached hydrogens (tertiary/aromatic N) is 3. The molecule has 2 fully saturated rings. The van der Waals surface area contributed by atoms with Crippen molar-refractivity contribution in [2.45, 2.75) is 50.2 Å². The maximum Gasteiger partial charge on any atom is 0.322 e. The number of anilines is 1. The molecule has 5 rings (SSSR count). The highest BCUT2D eigenvalue weighted by Crippen LogP contribution is 2.42. The summed E-state index contributed by atoms with van der Waals surface area (Å²) in [6.45, 7) is 2.80. The Morgan fingerprint density at radius 3 is 2.75 bits per heavy atom. The van der Waals surface area contributed by atoms with Crippen LogP contribution in [0.25, 0.3) is 0 Å². The van der Waals surface area contributed by atoms with Gasteiger partial charge in [0.1, 0.15) is 0 Å². The minimum atomic E-state index is -0.243. The van der Waals surface area contributed by atoms with Gasteiger partial charge in [0.05, 0.1) is 12.1 Å². The van der Waals surface area contributed by atoms with E-state index in [-0.39, 0.29) is 24.0 Å². The summed E-state index contributed by atoms with van der Waals surface area (Å²) in [5.41, 5.74) is 3.15. The number of aromatic nitrogens is 1. The molecule has 1 aromatic heterocycles. The second-order valence-corrected chi connectivity index (χ2v) is 8.09. The highest BCUT2D eigenvalue weighted by atomic mass is 16.2. The summed E-state index contributed by atoms with van der Waals surface area (Å²) in [6.07, 6.45) is 5.97. The van der Waals surface area contributed by atoms with Gasteiger partial charge in [0.15, 0.2) is 0 Å². The smallest absolute Gasteiger partial charge is 0.322 e. The van der Waals surface area contributed by atoms with Gasteiger partial charge in [-0.25, -0.2) is 4.79 Å². The lowest BCUT2D eigenvalue weighted by Crippen LogP contribution is -2.46. The summed E-state index contributed by atoms with van der Waals surface area (Å²) in [6, 6.07) is 11.7. The number of hydrogen-bond donors (Lipinski definition) is 1. The molecule has 28 heavy (non-hydrogen) atoms. The lowest BCUT2D eigenvalue weighted by Gasteiger charge is -2.30. The van der Waals surface area contributed by atoms with E-state index in [2.05, 4.69) is 23.3 Å². The molecule has 144 valence electrons. The summed E-state index contributed by atoms with van der Waals surface area (Å²) in [4.78, 5) is 33.9. The number of nitrogens with one attached hydrogen (secondary N) is 1. The van der Waals surface area contributed by atoms with Gasteiger partial charge in [-0.15, -0.1) is 0 Å². The summed E-state index contributed by atoms with van der Waals surface area (Å²) in [5.74, 6) is 0.432. The van der Waals surface area contributed by atoms with E-state index >= 15 is 0 Å². The van der Waals surface area contributed by atoms with E-state index in [9.17, 15) is 9.59 Å². The van der Waals surface area contributed by atoms with E-state index < -0.39 is 0 Å². The highest BCUT2D eigenvalue weighted by Gasteiger charge is 2.48. The summed E-state index contributed by atoms with van der Waals surface area (Å²) in [7, 11) is 0. The molecule has 3 atom stereocenters. The molecule has 0 spiro atoms. The first-order valence-corrected chi connectivity index (χ1v) is 10.0. The first-order chi connectivity index (χ1) is 13.6. The molecule has 6 heteroatoms. The molecule has 2 aromatic rings. The van der Waals surface area contributed by atoms with Crippen LogP contribution in [0.4, 0.5) is 10.5 Å². The fourth-order valence-corrected chi connectivity index (χ4v) is 4.66. The van der Waals surface area contributed by atoms with Crippen LogP contribution in [0, 0.1) is 0 Å². The first kappa shape index (κ1) is 17.2. The number of urea groups is 1. The maximum absolute atomic E-state index is 13.2. The third-order valence-corrected chi connectivity index (χ3v) is 6.10. The SMILES string of the molecule is CC1CN(C(=O)N[C@@H]2CC(=O)N(C3CC3)[C@H]2c2cccnc2)c2ccccc21. The van der Waals surface area contributed by atoms with Crippen molar-refractivity contribution in [2.75, 3.05) is 11.4 Å². The molecule has 1 N–H and O–H groups in total. The standard InChI is InChI=1S/C22H24N4O2/c1-14-13-25(19-7-3-2-6-17(14)19)22(28)24-18-11-20(27)26(16-8-9-16)21(18)15-5-4-10-23-12-15/h2-7,10,12,14,16,18,21H,8-9,11,13H2,1H3,(H,24,28)/t14?,18-,21+/m1/s1. The van der Waals surface area contributed by atoms with Gasteiger partial charge < -0.3 is 10.2 Å². The number of likely N-dealkylation sites (tertiary alicyclic amines) is 1. The normalized spacial score (nSPS) is 26.5. The molecule has 3 heterocycles. The number of pyridine rings is 1. The van der Waals surface area contributed by atoms with E-state index in [0.29, 0.717) is 24.9 Å². The van der Waals surface area contributed by atoms with Crippen molar-refractivity contribution in [3.05, 3.63) is 59.9 Å². The number of benzene rings is 1. The molecule has 3 aliphatic rings. The minimum absolute atomic E-state index is 0.122. The predicted octanol–water partition coefficient (Wildman–Crippen LogP) is 3.22. The van der Waals surface area contributed by atoms with Gasteiger partial charge in [0.2, 0.25) is 5.91 Å². The van der Waals surface area contributed by atoms with Crippen molar-refractivity contribution < 1.29 is 9.59 Å². The molecule has 0 radical (unpaired) electrons. The Morgan fingerprint density at radius 2 is 2.00 bits per heavy atom. The van der Waals surface area contributed by atoms with Gasteiger partial charge in [0, 0.05) is 43.0 Å². The van der Waals surface area contributed by atoms with Gasteiger partial charge in [-0.05, 0) is 36.1 Å². The zero-order chi connectivity index (χ0) is 19.3. The van der Waals surface area contributed by atoms with Crippen molar-refractivity contribution >= 4 is 17.6 Å². The Bertz CT molecular complexity index is 912. The summed E-state index contributed by atoms with van der Waals surface area (Å²) in [5, 5.41) is 3.17. The van der Waals surface area contributed by atoms with Crippen LogP contribution >= 0.6 is 0 Å². The van der Waals surface area contributed by atoms with Crippen LogP contribution in [0.2, 0.25) is 0 Å². The predicted molar refractivity (Wildman–Crippen MR) is 106 cm³/mol. The Morgan fingerprint density at radius 1 is 1.18 bits per heavy atom. The average molecular weight is 376 g/mol. The van der Waals surface area contributed by atoms with Crippen LogP contribution in [0.5, 0.6) is 0 Å². The number of fused-ring (bicyclic) bond motifs is 1. The van der Waals surface area contributed by atoms with Crippen LogP contribution in [-0.4, -0.2) is 40.5 Å². The Hall–Kier alpha value is -2.89. The van der Waals surface area contributed by atoms with E-state index in [1.54, 1.807) is 6.20 Å². The molecular formula is C22H24N4O2. The summed E-state index contributed by atoms with van der Waals surface area (Å²) >= 11 is 0. The topological polar surface area (TPSA) is 65.5 Å². The lowest BCUT2D eigenvalue weighted by molar-refractivity contribution is -0.129. The molecule has 6 nitrogen and oxygen atoms in total. The Balaban J connectivity index is 1.41. The van der Waals surface area contributed by atoms with Gasteiger partial charge >= 0.3 is 6.03 Å². The Labute approximate surface area is 164 Å². The van der Waals surface area contributed by atoms with Crippen LogP contribution in [0.1, 0.15) is 49.3 Å². The van der Waals surface area contributed by atoms with Crippen molar-refractivity contribution in [1.29, 1.82) is 0 Å². The van der Waals surface area contributed by atoms with Gasteiger partial charge in [0.25, 0.3) is 0 Å². The molecule has 3 amide bonds. The van der Waals surface area contributed by atoms with Crippen molar-refractivity contribution in [3.8, 4) is 0 Å². The molecule has 1 saturated carbocycles. The zero-order valence-corrected chi connectivity index (χ0v) is 15.9. The fourth-order valence-electron chi connectivity index (χ4n) is 4.66. The van der Waals surface area contributed by atoms with E-state index in [4.69, 9.17) is 0 Å². The van der Waals surface area contributed by atoms with Crippen LogP contribution in [0.3, 0.4) is 0 Å². The molecule has 1 aliphatic carbocycles. The van der Waals surface area contributed by atoms with Crippen molar-refractivity contribution in [1.82, 2.24) is 15.2 Å². The number of carbonyl (C=O) groups excluding carboxylic acids is 2. The van der Waals surface area contributed by atoms with Crippen LogP contribution in [-0.2, 0) is 4.79 Å². The summed E-state index contributed by atoms with van der Waals surface area (Å²) < 4.78 is 0. The van der Waals surface area contributed by atoms with E-state index in [1.165, 1.54) is 5.56 Å². The molecular weight excluding hydrogens is 352 g/mol. The average Bonchev–Trinajstić information content (AvgIpc) is 3.42. The highest BCUT2D eigenvalue weighted by molar-refractivity contribution is 5.95. The maximum atomic E-state index is 13.2. The lowest BCUT2D eigenvalue weighted by atomic mass is 10.0. The number of para-hydroxylation sites is 1. The van der Waals surface area contributed by atoms with Gasteiger partial charge in [-0.3, -0.25) is 14.7 Å². The third kappa shape index (κ3) is 2.84. The second kappa shape index (κ2) is 6.62. The third-order valence-electron chi connectivity index (χ3n) is 6.10. The largest absolute Gasteiger partial charge is 0.332 e. The second-order valence-electron chi connectivity index (χ2n) is 8.09. The van der Waals surface area contributed by atoms with E-state index in [1.807, 2.05) is 46.3 Å². The van der Waals surface area contributed by atoms with Crippen molar-refractivity contribution in [2.24, 2.45) is 0 Å². The number of amides is 3. The fraction of sp³-hybridized carbons (Fsp3) is 0.409. The number of hydrogen-bond acceptors (Lipinski definition) is 3. The zero-order valence-electron chi connectivity index (χ0n) is 15.9. The van der Waals surface area contributed by atoms with Crippen molar-refractivity contribution in [3.63, 3.8) is 0 Å².